The van der Waals surface area contributed by atoms with E-state index >= 15 is 0 Å². The molecule has 154 valence electrons. The number of carbonyl (C=O) groups excluding carboxylic acids is 3. The highest BCUT2D eigenvalue weighted by Crippen LogP contribution is 2.26. The van der Waals surface area contributed by atoms with Gasteiger partial charge in [0, 0.05) is 18.2 Å². The second kappa shape index (κ2) is 11.3. The average molecular weight is 389 g/mol. The van der Waals surface area contributed by atoms with Crippen molar-refractivity contribution < 1.29 is 19.1 Å². The molecular formula is C21H31N3O4. The van der Waals surface area contributed by atoms with Crippen molar-refractivity contribution in [2.24, 2.45) is 5.92 Å². The van der Waals surface area contributed by atoms with Crippen molar-refractivity contribution in [3.8, 4) is 5.75 Å². The van der Waals surface area contributed by atoms with Gasteiger partial charge in [-0.25, -0.2) is 0 Å². The van der Waals surface area contributed by atoms with Crippen molar-refractivity contribution in [3.63, 3.8) is 0 Å². The Kier molecular flexibility index (Phi) is 8.78. The Labute approximate surface area is 166 Å². The van der Waals surface area contributed by atoms with Crippen LogP contribution in [-0.4, -0.2) is 49.4 Å². The van der Waals surface area contributed by atoms with Crippen LogP contribution in [0.15, 0.2) is 24.3 Å². The standard InChI is InChI=1S/C21H31N3O4/c1-3-4-13-24(21(27)16-7-5-6-8-16)15-20(26)22-14-19(25)23-17-9-11-18(28-2)12-10-17/h9-12,16H,3-8,13-15H2,1-2H3,(H,22,26)(H,23,25). The van der Waals surface area contributed by atoms with E-state index in [9.17, 15) is 14.4 Å². The van der Waals surface area contributed by atoms with Crippen LogP contribution in [0, 0.1) is 5.92 Å². The molecule has 3 amide bonds. The Hall–Kier alpha value is -2.57. The maximum Gasteiger partial charge on any atom is 0.243 e. The lowest BCUT2D eigenvalue weighted by atomic mass is 10.1. The summed E-state index contributed by atoms with van der Waals surface area (Å²) in [5, 5.41) is 5.32. The molecule has 1 saturated carbocycles. The third-order valence-corrected chi connectivity index (χ3v) is 4.95. The lowest BCUT2D eigenvalue weighted by Gasteiger charge is -2.25. The summed E-state index contributed by atoms with van der Waals surface area (Å²) in [7, 11) is 1.57. The van der Waals surface area contributed by atoms with Gasteiger partial charge in [0.15, 0.2) is 0 Å². The normalized spacial score (nSPS) is 13.8. The van der Waals surface area contributed by atoms with Crippen LogP contribution in [0.2, 0.25) is 0 Å². The number of carbonyl (C=O) groups is 3. The van der Waals surface area contributed by atoms with Crippen molar-refractivity contribution in [1.82, 2.24) is 10.2 Å². The van der Waals surface area contributed by atoms with Crippen LogP contribution >= 0.6 is 0 Å². The molecule has 1 fully saturated rings. The molecule has 28 heavy (non-hydrogen) atoms. The molecule has 0 saturated heterocycles. The lowest BCUT2D eigenvalue weighted by Crippen LogP contribution is -2.44. The smallest absolute Gasteiger partial charge is 0.243 e. The van der Waals surface area contributed by atoms with E-state index in [2.05, 4.69) is 17.6 Å². The molecule has 0 bridgehead atoms. The minimum Gasteiger partial charge on any atom is -0.497 e. The average Bonchev–Trinajstić information content (AvgIpc) is 3.24. The second-order valence-corrected chi connectivity index (χ2v) is 7.15. The first-order valence-electron chi connectivity index (χ1n) is 10.0. The monoisotopic (exact) mass is 389 g/mol. The van der Waals surface area contributed by atoms with Crippen molar-refractivity contribution in [2.45, 2.75) is 45.4 Å². The fourth-order valence-corrected chi connectivity index (χ4v) is 3.33. The second-order valence-electron chi connectivity index (χ2n) is 7.15. The van der Waals surface area contributed by atoms with E-state index in [0.717, 1.165) is 38.5 Å². The van der Waals surface area contributed by atoms with Crippen LogP contribution in [0.3, 0.4) is 0 Å². The van der Waals surface area contributed by atoms with Gasteiger partial charge in [-0.15, -0.1) is 0 Å². The fraction of sp³-hybridized carbons (Fsp3) is 0.571. The Balaban J connectivity index is 1.80. The molecule has 0 radical (unpaired) electrons. The molecule has 1 aliphatic rings. The number of ether oxygens (including phenoxy) is 1. The minimum absolute atomic E-state index is 0.00511. The predicted molar refractivity (Wildman–Crippen MR) is 108 cm³/mol. The first-order valence-corrected chi connectivity index (χ1v) is 10.0. The molecular weight excluding hydrogens is 358 g/mol. The number of rotatable bonds is 10. The van der Waals surface area contributed by atoms with Crippen LogP contribution in [0.5, 0.6) is 5.75 Å². The maximum atomic E-state index is 12.7. The lowest BCUT2D eigenvalue weighted by molar-refractivity contribution is -0.139. The van der Waals surface area contributed by atoms with E-state index in [1.165, 1.54) is 0 Å². The minimum atomic E-state index is -0.319. The number of hydrogen-bond donors (Lipinski definition) is 2. The molecule has 0 aromatic heterocycles. The summed E-state index contributed by atoms with van der Waals surface area (Å²) >= 11 is 0. The Morgan fingerprint density at radius 3 is 2.39 bits per heavy atom. The molecule has 7 nitrogen and oxygen atoms in total. The van der Waals surface area contributed by atoms with Crippen molar-refractivity contribution >= 4 is 23.4 Å². The number of unbranched alkanes of at least 4 members (excludes halogenated alkanes) is 1. The van der Waals surface area contributed by atoms with E-state index < -0.39 is 0 Å². The predicted octanol–water partition coefficient (Wildman–Crippen LogP) is 2.57. The summed E-state index contributed by atoms with van der Waals surface area (Å²) in [4.78, 5) is 38.6. The van der Waals surface area contributed by atoms with E-state index in [1.54, 1.807) is 36.3 Å². The number of hydrogen-bond acceptors (Lipinski definition) is 4. The van der Waals surface area contributed by atoms with Gasteiger partial charge in [-0.3, -0.25) is 14.4 Å². The number of nitrogens with one attached hydrogen (secondary N) is 2. The van der Waals surface area contributed by atoms with Gasteiger partial charge in [-0.1, -0.05) is 26.2 Å². The fourth-order valence-electron chi connectivity index (χ4n) is 3.33. The molecule has 0 unspecified atom stereocenters. The summed E-state index contributed by atoms with van der Waals surface area (Å²) in [6.07, 6.45) is 5.80. The van der Waals surface area contributed by atoms with Gasteiger partial charge < -0.3 is 20.3 Å². The number of benzene rings is 1. The van der Waals surface area contributed by atoms with Gasteiger partial charge in [0.2, 0.25) is 17.7 Å². The van der Waals surface area contributed by atoms with E-state index in [-0.39, 0.29) is 36.7 Å². The third kappa shape index (κ3) is 6.87. The Morgan fingerprint density at radius 2 is 1.79 bits per heavy atom. The first-order chi connectivity index (χ1) is 13.5. The summed E-state index contributed by atoms with van der Waals surface area (Å²) in [5.41, 5.74) is 0.626. The molecule has 1 aliphatic carbocycles. The van der Waals surface area contributed by atoms with Crippen molar-refractivity contribution in [2.75, 3.05) is 32.1 Å². The summed E-state index contributed by atoms with van der Waals surface area (Å²) < 4.78 is 5.07. The van der Waals surface area contributed by atoms with E-state index in [1.807, 2.05) is 0 Å². The summed E-state index contributed by atoms with van der Waals surface area (Å²) in [6.45, 7) is 2.51. The highest BCUT2D eigenvalue weighted by Gasteiger charge is 2.28. The SMILES string of the molecule is CCCCN(CC(=O)NCC(=O)Nc1ccc(OC)cc1)C(=O)C1CCCC1. The van der Waals surface area contributed by atoms with Gasteiger partial charge in [-0.2, -0.15) is 0 Å². The number of methoxy groups -OCH3 is 1. The molecule has 2 rings (SSSR count). The summed E-state index contributed by atoms with van der Waals surface area (Å²) in [6, 6.07) is 6.94. The van der Waals surface area contributed by atoms with Crippen LogP contribution in [0.25, 0.3) is 0 Å². The maximum absolute atomic E-state index is 12.7. The molecule has 2 N–H and O–H groups in total. The molecule has 7 heteroatoms. The van der Waals surface area contributed by atoms with Gasteiger partial charge in [0.25, 0.3) is 0 Å². The van der Waals surface area contributed by atoms with Gasteiger partial charge in [0.05, 0.1) is 20.2 Å². The van der Waals surface area contributed by atoms with Gasteiger partial charge >= 0.3 is 0 Å². The molecule has 1 aromatic rings. The number of anilines is 1. The zero-order chi connectivity index (χ0) is 20.4. The van der Waals surface area contributed by atoms with Gasteiger partial charge in [0.1, 0.15) is 5.75 Å². The third-order valence-electron chi connectivity index (χ3n) is 4.95. The molecule has 0 aliphatic heterocycles. The quantitative estimate of drug-likeness (QED) is 0.644. The van der Waals surface area contributed by atoms with Crippen LogP contribution in [0.4, 0.5) is 5.69 Å². The molecule has 0 heterocycles. The van der Waals surface area contributed by atoms with Crippen LogP contribution in [-0.2, 0) is 14.4 Å². The Bertz CT molecular complexity index is 654. The number of amides is 3. The highest BCUT2D eigenvalue weighted by atomic mass is 16.5. The molecule has 1 aromatic carbocycles. The Morgan fingerprint density at radius 1 is 1.11 bits per heavy atom. The first kappa shape index (κ1) is 21.7. The molecule has 0 spiro atoms. The highest BCUT2D eigenvalue weighted by molar-refractivity contribution is 5.95. The summed E-state index contributed by atoms with van der Waals surface area (Å²) in [5.74, 6) is 0.185. The van der Waals surface area contributed by atoms with Crippen molar-refractivity contribution in [1.29, 1.82) is 0 Å². The van der Waals surface area contributed by atoms with Crippen LogP contribution in [0.1, 0.15) is 45.4 Å². The van der Waals surface area contributed by atoms with Crippen LogP contribution < -0.4 is 15.4 Å². The van der Waals surface area contributed by atoms with E-state index in [4.69, 9.17) is 4.74 Å². The zero-order valence-electron chi connectivity index (χ0n) is 16.8. The number of nitrogens with zero attached hydrogens (tertiary/aromatic N) is 1. The zero-order valence-corrected chi connectivity index (χ0v) is 16.8. The largest absolute Gasteiger partial charge is 0.497 e. The van der Waals surface area contributed by atoms with Crippen molar-refractivity contribution in [3.05, 3.63) is 24.3 Å². The van der Waals surface area contributed by atoms with E-state index in [0.29, 0.717) is 18.0 Å². The topological polar surface area (TPSA) is 87.7 Å². The van der Waals surface area contributed by atoms with Gasteiger partial charge in [-0.05, 0) is 43.5 Å². The molecule has 0 atom stereocenters.